The minimum Gasteiger partial charge on any atom is -0.465 e. The molecule has 0 saturated heterocycles. The minimum absolute atomic E-state index is 0.254. The molecular weight excluding hydrogens is 248 g/mol. The predicted octanol–water partition coefficient (Wildman–Crippen LogP) is 2.32. The van der Waals surface area contributed by atoms with Gasteiger partial charge >= 0.3 is 11.9 Å². The molecule has 0 spiro atoms. The number of esters is 2. The van der Waals surface area contributed by atoms with Crippen LogP contribution in [0.1, 0.15) is 48.5 Å². The Labute approximate surface area is 115 Å². The Kier molecular flexibility index (Phi) is 5.56. The summed E-state index contributed by atoms with van der Waals surface area (Å²) in [5.41, 5.74) is -3.07. The van der Waals surface area contributed by atoms with Crippen molar-refractivity contribution in [2.45, 2.75) is 59.7 Å². The number of hydrogen-bond acceptors (Lipinski definition) is 5. The molecule has 0 radical (unpaired) electrons. The summed E-state index contributed by atoms with van der Waals surface area (Å²) in [7, 11) is 1.52. The van der Waals surface area contributed by atoms with Gasteiger partial charge in [-0.25, -0.2) is 0 Å². The smallest absolute Gasteiger partial charge is 0.318 e. The molecular formula is C14H26O5. The fourth-order valence-corrected chi connectivity index (χ4v) is 2.16. The van der Waals surface area contributed by atoms with Crippen LogP contribution >= 0.6 is 0 Å². The molecule has 1 unspecified atom stereocenters. The van der Waals surface area contributed by atoms with E-state index in [-0.39, 0.29) is 6.61 Å². The second-order valence-corrected chi connectivity index (χ2v) is 5.66. The molecule has 0 amide bonds. The zero-order chi connectivity index (χ0) is 15.5. The van der Waals surface area contributed by atoms with Gasteiger partial charge in [0.05, 0.1) is 12.2 Å². The van der Waals surface area contributed by atoms with Gasteiger partial charge in [0.25, 0.3) is 0 Å². The number of carbonyl (C=O) groups excluding carboxylic acids is 2. The predicted molar refractivity (Wildman–Crippen MR) is 71.7 cm³/mol. The highest BCUT2D eigenvalue weighted by Gasteiger charge is 2.60. The van der Waals surface area contributed by atoms with Crippen LogP contribution in [0.4, 0.5) is 0 Å². The van der Waals surface area contributed by atoms with E-state index in [2.05, 4.69) is 0 Å². The Bertz CT molecular complexity index is 346. The molecule has 0 rings (SSSR count). The maximum absolute atomic E-state index is 12.4. The van der Waals surface area contributed by atoms with Crippen molar-refractivity contribution in [2.24, 2.45) is 5.41 Å². The van der Waals surface area contributed by atoms with E-state index in [9.17, 15) is 9.59 Å². The van der Waals surface area contributed by atoms with Gasteiger partial charge in [0, 0.05) is 14.0 Å². The highest BCUT2D eigenvalue weighted by Crippen LogP contribution is 2.46. The summed E-state index contributed by atoms with van der Waals surface area (Å²) in [6, 6.07) is 0. The van der Waals surface area contributed by atoms with Gasteiger partial charge in [-0.15, -0.1) is 0 Å². The van der Waals surface area contributed by atoms with Crippen LogP contribution in [-0.2, 0) is 23.8 Å². The molecule has 0 bridgehead atoms. The highest BCUT2D eigenvalue weighted by atomic mass is 16.6. The first kappa shape index (κ1) is 17.9. The minimum atomic E-state index is -1.14. The lowest BCUT2D eigenvalue weighted by Crippen LogP contribution is -2.62. The van der Waals surface area contributed by atoms with Crippen LogP contribution in [0, 0.1) is 5.41 Å². The molecule has 0 aliphatic rings. The highest BCUT2D eigenvalue weighted by molar-refractivity contribution is 5.80. The van der Waals surface area contributed by atoms with Gasteiger partial charge in [-0.2, -0.15) is 0 Å². The molecule has 0 fully saturated rings. The zero-order valence-corrected chi connectivity index (χ0v) is 13.2. The molecule has 0 aliphatic carbocycles. The van der Waals surface area contributed by atoms with E-state index in [0.717, 1.165) is 0 Å². The van der Waals surface area contributed by atoms with E-state index in [4.69, 9.17) is 14.2 Å². The van der Waals surface area contributed by atoms with E-state index < -0.39 is 28.6 Å². The fourth-order valence-electron chi connectivity index (χ4n) is 2.16. The first-order valence-corrected chi connectivity index (χ1v) is 6.38. The van der Waals surface area contributed by atoms with Crippen LogP contribution in [0.25, 0.3) is 0 Å². The molecule has 0 heterocycles. The van der Waals surface area contributed by atoms with Crippen molar-refractivity contribution in [1.29, 1.82) is 0 Å². The summed E-state index contributed by atoms with van der Waals surface area (Å²) >= 11 is 0. The number of ether oxygens (including phenoxy) is 3. The van der Waals surface area contributed by atoms with E-state index in [1.807, 2.05) is 0 Å². The van der Waals surface area contributed by atoms with Gasteiger partial charge in [0.1, 0.15) is 11.0 Å². The van der Waals surface area contributed by atoms with Crippen molar-refractivity contribution in [3.05, 3.63) is 0 Å². The molecule has 19 heavy (non-hydrogen) atoms. The van der Waals surface area contributed by atoms with Gasteiger partial charge in [-0.3, -0.25) is 9.59 Å². The summed E-state index contributed by atoms with van der Waals surface area (Å²) in [6.07, 6.45) is 0. The lowest BCUT2D eigenvalue weighted by atomic mass is 9.64. The standard InChI is InChI=1S/C14H26O5/c1-9-18-11(16)14(7,12(3,4)17-8)13(5,6)19-10(2)15/h9H2,1-8H3. The lowest BCUT2D eigenvalue weighted by Gasteiger charge is -2.49. The van der Waals surface area contributed by atoms with Gasteiger partial charge < -0.3 is 14.2 Å². The number of carbonyl (C=O) groups is 2. The molecule has 5 heteroatoms. The van der Waals surface area contributed by atoms with E-state index in [1.165, 1.54) is 14.0 Å². The Morgan fingerprint density at radius 3 is 1.79 bits per heavy atom. The quantitative estimate of drug-likeness (QED) is 0.696. The van der Waals surface area contributed by atoms with Crippen LogP contribution in [-0.4, -0.2) is 36.9 Å². The summed E-state index contributed by atoms with van der Waals surface area (Å²) < 4.78 is 15.9. The van der Waals surface area contributed by atoms with E-state index in [1.54, 1.807) is 41.5 Å². The van der Waals surface area contributed by atoms with Gasteiger partial charge in [-0.1, -0.05) is 0 Å². The average molecular weight is 274 g/mol. The van der Waals surface area contributed by atoms with Gasteiger partial charge in [0.15, 0.2) is 0 Å². The maximum atomic E-state index is 12.4. The molecule has 0 aliphatic heterocycles. The second kappa shape index (κ2) is 5.90. The third-order valence-electron chi connectivity index (χ3n) is 4.00. The summed E-state index contributed by atoms with van der Waals surface area (Å²) in [6.45, 7) is 11.9. The lowest BCUT2D eigenvalue weighted by molar-refractivity contribution is -0.216. The molecule has 112 valence electrons. The van der Waals surface area contributed by atoms with Crippen molar-refractivity contribution in [3.63, 3.8) is 0 Å². The monoisotopic (exact) mass is 274 g/mol. The van der Waals surface area contributed by atoms with Crippen LogP contribution in [0.2, 0.25) is 0 Å². The molecule has 0 N–H and O–H groups in total. The van der Waals surface area contributed by atoms with Crippen molar-refractivity contribution >= 4 is 11.9 Å². The molecule has 0 saturated carbocycles. The molecule has 0 aromatic rings. The molecule has 0 aromatic heterocycles. The maximum Gasteiger partial charge on any atom is 0.318 e. The number of methoxy groups -OCH3 is 1. The molecule has 0 aromatic carbocycles. The van der Waals surface area contributed by atoms with Gasteiger partial charge in [-0.05, 0) is 41.5 Å². The Morgan fingerprint density at radius 1 is 1.00 bits per heavy atom. The fraction of sp³-hybridized carbons (Fsp3) is 0.857. The topological polar surface area (TPSA) is 61.8 Å². The van der Waals surface area contributed by atoms with E-state index in [0.29, 0.717) is 0 Å². The Morgan fingerprint density at radius 2 is 1.47 bits per heavy atom. The average Bonchev–Trinajstić information content (AvgIpc) is 2.25. The first-order chi connectivity index (χ1) is 8.46. The van der Waals surface area contributed by atoms with Crippen LogP contribution in [0.15, 0.2) is 0 Å². The summed E-state index contributed by atoms with van der Waals surface area (Å²) in [5.74, 6) is -0.902. The summed E-state index contributed by atoms with van der Waals surface area (Å²) in [4.78, 5) is 23.7. The van der Waals surface area contributed by atoms with Crippen molar-refractivity contribution in [3.8, 4) is 0 Å². The first-order valence-electron chi connectivity index (χ1n) is 6.38. The SMILES string of the molecule is CCOC(=O)C(C)(C(C)(C)OC)C(C)(C)OC(C)=O. The number of rotatable bonds is 6. The largest absolute Gasteiger partial charge is 0.465 e. The van der Waals surface area contributed by atoms with E-state index >= 15 is 0 Å². The zero-order valence-electron chi connectivity index (χ0n) is 13.2. The van der Waals surface area contributed by atoms with Crippen LogP contribution < -0.4 is 0 Å². The van der Waals surface area contributed by atoms with Crippen LogP contribution in [0.3, 0.4) is 0 Å². The van der Waals surface area contributed by atoms with Crippen LogP contribution in [0.5, 0.6) is 0 Å². The molecule has 1 atom stereocenters. The normalized spacial score (nSPS) is 15.6. The van der Waals surface area contributed by atoms with Crippen molar-refractivity contribution in [2.75, 3.05) is 13.7 Å². The third kappa shape index (κ3) is 3.26. The Balaban J connectivity index is 5.77. The van der Waals surface area contributed by atoms with Crippen molar-refractivity contribution in [1.82, 2.24) is 0 Å². The third-order valence-corrected chi connectivity index (χ3v) is 4.00. The molecule has 5 nitrogen and oxygen atoms in total. The van der Waals surface area contributed by atoms with Gasteiger partial charge in [0.2, 0.25) is 0 Å². The Hall–Kier alpha value is -1.10. The second-order valence-electron chi connectivity index (χ2n) is 5.66. The van der Waals surface area contributed by atoms with Crippen molar-refractivity contribution < 1.29 is 23.8 Å². The summed E-state index contributed by atoms with van der Waals surface area (Å²) in [5, 5.41) is 0. The number of hydrogen-bond donors (Lipinski definition) is 0.